The van der Waals surface area contributed by atoms with Gasteiger partial charge in [-0.05, 0) is 46.3 Å². The lowest BCUT2D eigenvalue weighted by atomic mass is 10.0. The second-order valence-electron chi connectivity index (χ2n) is 5.19. The third-order valence-corrected chi connectivity index (χ3v) is 5.37. The Bertz CT molecular complexity index is 730. The molecule has 1 N–H and O–H groups in total. The molecule has 1 fully saturated rings. The lowest BCUT2D eigenvalue weighted by Crippen LogP contribution is -2.30. The van der Waals surface area contributed by atoms with E-state index in [1.165, 1.54) is 6.20 Å². The minimum atomic E-state index is -3.58. The Morgan fingerprint density at radius 1 is 1.19 bits per heavy atom. The summed E-state index contributed by atoms with van der Waals surface area (Å²) in [5.74, 6) is 0.377. The maximum Gasteiger partial charge on any atom is 0.242 e. The predicted molar refractivity (Wildman–Crippen MR) is 84.2 cm³/mol. The molecule has 0 saturated heterocycles. The number of hydrogen-bond acceptors (Lipinski definition) is 3. The van der Waals surface area contributed by atoms with Crippen LogP contribution in [0.25, 0.3) is 0 Å². The molecule has 0 radical (unpaired) electrons. The monoisotopic (exact) mass is 366 g/mol. The highest BCUT2D eigenvalue weighted by Gasteiger charge is 2.35. The quantitative estimate of drug-likeness (QED) is 0.883. The number of rotatable bonds is 5. The first-order chi connectivity index (χ1) is 10.1. The molecular weight excluding hydrogens is 352 g/mol. The number of nitrogens with one attached hydrogen (secondary N) is 1. The maximum absolute atomic E-state index is 12.5. The largest absolute Gasteiger partial charge is 0.262 e. The average Bonchev–Trinajstić information content (AvgIpc) is 3.30. The molecule has 1 aromatic heterocycles. The Balaban J connectivity index is 1.89. The van der Waals surface area contributed by atoms with E-state index in [4.69, 9.17) is 0 Å². The molecular formula is C15H15BrN2O2S. The molecule has 1 atom stereocenters. The van der Waals surface area contributed by atoms with E-state index in [0.717, 1.165) is 18.4 Å². The molecule has 4 nitrogen and oxygen atoms in total. The molecule has 0 amide bonds. The Morgan fingerprint density at radius 2 is 1.90 bits per heavy atom. The van der Waals surface area contributed by atoms with Gasteiger partial charge in [-0.15, -0.1) is 0 Å². The van der Waals surface area contributed by atoms with Crippen molar-refractivity contribution in [3.63, 3.8) is 0 Å². The summed E-state index contributed by atoms with van der Waals surface area (Å²) in [6, 6.07) is 11.1. The van der Waals surface area contributed by atoms with Crippen LogP contribution in [0.15, 0.2) is 58.2 Å². The number of hydrogen-bond donors (Lipinski definition) is 1. The standard InChI is InChI=1S/C15H15BrN2O2S/c16-13-8-14(10-17-9-13)21(19,20)18-15(12-6-7-12)11-4-2-1-3-5-11/h1-5,8-10,12,15,18H,6-7H2. The molecule has 1 aliphatic rings. The van der Waals surface area contributed by atoms with Gasteiger partial charge < -0.3 is 0 Å². The summed E-state index contributed by atoms with van der Waals surface area (Å²) in [7, 11) is -3.58. The maximum atomic E-state index is 12.5. The van der Waals surface area contributed by atoms with Crippen molar-refractivity contribution >= 4 is 26.0 Å². The summed E-state index contributed by atoms with van der Waals surface area (Å²) in [6.07, 6.45) is 5.04. The van der Waals surface area contributed by atoms with E-state index in [1.807, 2.05) is 30.3 Å². The molecule has 3 rings (SSSR count). The Kier molecular flexibility index (Phi) is 4.10. The lowest BCUT2D eigenvalue weighted by molar-refractivity contribution is 0.528. The van der Waals surface area contributed by atoms with E-state index in [2.05, 4.69) is 25.6 Å². The van der Waals surface area contributed by atoms with Crippen molar-refractivity contribution in [1.29, 1.82) is 0 Å². The van der Waals surface area contributed by atoms with Crippen LogP contribution >= 0.6 is 15.9 Å². The number of nitrogens with zero attached hydrogens (tertiary/aromatic N) is 1. The van der Waals surface area contributed by atoms with E-state index >= 15 is 0 Å². The molecule has 110 valence electrons. The second-order valence-corrected chi connectivity index (χ2v) is 7.82. The van der Waals surface area contributed by atoms with Crippen LogP contribution in [-0.2, 0) is 10.0 Å². The number of sulfonamides is 1. The molecule has 1 heterocycles. The van der Waals surface area contributed by atoms with Crippen molar-refractivity contribution in [1.82, 2.24) is 9.71 Å². The molecule has 1 unspecified atom stereocenters. The van der Waals surface area contributed by atoms with E-state index in [9.17, 15) is 8.42 Å². The number of halogens is 1. The predicted octanol–water partition coefficient (Wildman–Crippen LogP) is 3.27. The van der Waals surface area contributed by atoms with E-state index in [1.54, 1.807) is 12.3 Å². The molecule has 2 aromatic rings. The first-order valence-corrected chi connectivity index (χ1v) is 9.02. The Hall–Kier alpha value is -1.24. The van der Waals surface area contributed by atoms with Crippen LogP contribution in [-0.4, -0.2) is 13.4 Å². The van der Waals surface area contributed by atoms with Gasteiger partial charge in [-0.3, -0.25) is 4.98 Å². The van der Waals surface area contributed by atoms with Gasteiger partial charge in [-0.25, -0.2) is 13.1 Å². The number of pyridine rings is 1. The van der Waals surface area contributed by atoms with Crippen LogP contribution in [0.2, 0.25) is 0 Å². The highest BCUT2D eigenvalue weighted by Crippen LogP contribution is 2.41. The van der Waals surface area contributed by atoms with Crippen molar-refractivity contribution in [2.24, 2.45) is 5.92 Å². The van der Waals surface area contributed by atoms with Crippen LogP contribution in [0.4, 0.5) is 0 Å². The fraction of sp³-hybridized carbons (Fsp3) is 0.267. The first kappa shape index (κ1) is 14.7. The molecule has 1 aliphatic carbocycles. The van der Waals surface area contributed by atoms with Crippen LogP contribution in [0.1, 0.15) is 24.4 Å². The average molecular weight is 367 g/mol. The zero-order chi connectivity index (χ0) is 14.9. The summed E-state index contributed by atoms with van der Waals surface area (Å²) >= 11 is 3.25. The van der Waals surface area contributed by atoms with E-state index in [-0.39, 0.29) is 10.9 Å². The summed E-state index contributed by atoms with van der Waals surface area (Å²) in [5.41, 5.74) is 1.01. The summed E-state index contributed by atoms with van der Waals surface area (Å²) < 4.78 is 28.5. The van der Waals surface area contributed by atoms with Gasteiger partial charge in [0.2, 0.25) is 10.0 Å². The molecule has 0 bridgehead atoms. The van der Waals surface area contributed by atoms with Crippen molar-refractivity contribution in [2.75, 3.05) is 0 Å². The van der Waals surface area contributed by atoms with Crippen molar-refractivity contribution in [3.05, 3.63) is 58.8 Å². The fourth-order valence-electron chi connectivity index (χ4n) is 2.30. The first-order valence-electron chi connectivity index (χ1n) is 6.74. The zero-order valence-corrected chi connectivity index (χ0v) is 13.6. The highest BCUT2D eigenvalue weighted by atomic mass is 79.9. The van der Waals surface area contributed by atoms with Gasteiger partial charge in [0.1, 0.15) is 4.90 Å². The molecule has 0 spiro atoms. The summed E-state index contributed by atoms with van der Waals surface area (Å²) in [5, 5.41) is 0. The highest BCUT2D eigenvalue weighted by molar-refractivity contribution is 9.10. The second kappa shape index (κ2) is 5.87. The summed E-state index contributed by atoms with van der Waals surface area (Å²) in [4.78, 5) is 4.10. The van der Waals surface area contributed by atoms with Gasteiger partial charge in [0.25, 0.3) is 0 Å². The summed E-state index contributed by atoms with van der Waals surface area (Å²) in [6.45, 7) is 0. The third-order valence-electron chi connectivity index (χ3n) is 3.52. The Labute approximate surface area is 132 Å². The van der Waals surface area contributed by atoms with E-state index in [0.29, 0.717) is 10.4 Å². The van der Waals surface area contributed by atoms with Gasteiger partial charge in [-0.2, -0.15) is 0 Å². The van der Waals surface area contributed by atoms with Crippen LogP contribution in [0.3, 0.4) is 0 Å². The van der Waals surface area contributed by atoms with E-state index < -0.39 is 10.0 Å². The van der Waals surface area contributed by atoms with Crippen LogP contribution in [0, 0.1) is 5.92 Å². The molecule has 1 aromatic carbocycles. The van der Waals surface area contributed by atoms with Crippen molar-refractivity contribution in [2.45, 2.75) is 23.8 Å². The molecule has 6 heteroatoms. The van der Waals surface area contributed by atoms with Crippen molar-refractivity contribution in [3.8, 4) is 0 Å². The van der Waals surface area contributed by atoms with Gasteiger partial charge in [-0.1, -0.05) is 30.3 Å². The molecule has 21 heavy (non-hydrogen) atoms. The van der Waals surface area contributed by atoms with Gasteiger partial charge in [0.05, 0.1) is 0 Å². The normalized spacial score (nSPS) is 16.6. The van der Waals surface area contributed by atoms with Gasteiger partial charge in [0.15, 0.2) is 0 Å². The number of aromatic nitrogens is 1. The van der Waals surface area contributed by atoms with Gasteiger partial charge in [0, 0.05) is 22.9 Å². The zero-order valence-electron chi connectivity index (χ0n) is 11.2. The lowest BCUT2D eigenvalue weighted by Gasteiger charge is -2.18. The molecule has 0 aliphatic heterocycles. The van der Waals surface area contributed by atoms with Crippen molar-refractivity contribution < 1.29 is 8.42 Å². The smallest absolute Gasteiger partial charge is 0.242 e. The minimum absolute atomic E-state index is 0.171. The fourth-order valence-corrected chi connectivity index (χ4v) is 4.10. The van der Waals surface area contributed by atoms with Crippen LogP contribution < -0.4 is 4.72 Å². The van der Waals surface area contributed by atoms with Crippen LogP contribution in [0.5, 0.6) is 0 Å². The topological polar surface area (TPSA) is 59.1 Å². The molecule has 1 saturated carbocycles. The Morgan fingerprint density at radius 3 is 2.52 bits per heavy atom. The number of benzene rings is 1. The third kappa shape index (κ3) is 3.51. The van der Waals surface area contributed by atoms with Gasteiger partial charge >= 0.3 is 0 Å². The minimum Gasteiger partial charge on any atom is -0.262 e. The SMILES string of the molecule is O=S(=O)(NC(c1ccccc1)C1CC1)c1cncc(Br)c1.